The van der Waals surface area contributed by atoms with E-state index in [-0.39, 0.29) is 10.9 Å². The van der Waals surface area contributed by atoms with Crippen LogP contribution in [-0.4, -0.2) is 37.0 Å². The number of rotatable bonds is 7. The molecule has 0 unspecified atom stereocenters. The Bertz CT molecular complexity index is 875. The standard InChI is InChI=1S/C22H23ClFN3O2/c23-20-11-19(5-6-21(20)24)26-22(28)13-27-9-7-18(8-10-27)15-29-14-17-3-1-16(12-25)2-4-17/h1-6,11,18H,7-10,13-15H2,(H,26,28). The van der Waals surface area contributed by atoms with Crippen molar-refractivity contribution in [3.05, 3.63) is 64.4 Å². The van der Waals surface area contributed by atoms with Gasteiger partial charge in [-0.1, -0.05) is 23.7 Å². The zero-order chi connectivity index (χ0) is 20.6. The highest BCUT2D eigenvalue weighted by molar-refractivity contribution is 6.31. The third-order valence-electron chi connectivity index (χ3n) is 4.98. The molecule has 2 aromatic carbocycles. The van der Waals surface area contributed by atoms with Crippen LogP contribution in [0.2, 0.25) is 5.02 Å². The molecule has 1 N–H and O–H groups in total. The molecular weight excluding hydrogens is 393 g/mol. The maximum absolute atomic E-state index is 13.2. The van der Waals surface area contributed by atoms with Gasteiger partial charge in [0.1, 0.15) is 5.82 Å². The zero-order valence-corrected chi connectivity index (χ0v) is 16.8. The first kappa shape index (κ1) is 21.3. The van der Waals surface area contributed by atoms with E-state index in [0.29, 0.717) is 36.9 Å². The van der Waals surface area contributed by atoms with E-state index in [1.54, 1.807) is 12.1 Å². The molecule has 0 aromatic heterocycles. The van der Waals surface area contributed by atoms with Crippen molar-refractivity contribution in [2.45, 2.75) is 19.4 Å². The van der Waals surface area contributed by atoms with Gasteiger partial charge in [-0.05, 0) is 67.7 Å². The van der Waals surface area contributed by atoms with Gasteiger partial charge >= 0.3 is 0 Å². The van der Waals surface area contributed by atoms with E-state index in [1.807, 2.05) is 12.1 Å². The van der Waals surface area contributed by atoms with Crippen LogP contribution in [-0.2, 0) is 16.1 Å². The van der Waals surface area contributed by atoms with Crippen molar-refractivity contribution in [1.29, 1.82) is 5.26 Å². The molecule has 5 nitrogen and oxygen atoms in total. The Kier molecular flexibility index (Phi) is 7.59. The first-order chi connectivity index (χ1) is 14.0. The number of ether oxygens (including phenoxy) is 1. The van der Waals surface area contributed by atoms with Gasteiger partial charge in [-0.2, -0.15) is 5.26 Å². The molecule has 0 bridgehead atoms. The van der Waals surface area contributed by atoms with Crippen LogP contribution in [0.1, 0.15) is 24.0 Å². The number of amides is 1. The molecule has 29 heavy (non-hydrogen) atoms. The van der Waals surface area contributed by atoms with Crippen LogP contribution >= 0.6 is 11.6 Å². The van der Waals surface area contributed by atoms with E-state index in [1.165, 1.54) is 18.2 Å². The number of piperidine rings is 1. The molecule has 0 aliphatic carbocycles. The van der Waals surface area contributed by atoms with Crippen molar-refractivity contribution < 1.29 is 13.9 Å². The van der Waals surface area contributed by atoms with E-state index < -0.39 is 5.82 Å². The van der Waals surface area contributed by atoms with Gasteiger partial charge in [-0.15, -0.1) is 0 Å². The lowest BCUT2D eigenvalue weighted by Gasteiger charge is -2.31. The first-order valence-electron chi connectivity index (χ1n) is 9.57. The highest BCUT2D eigenvalue weighted by Crippen LogP contribution is 2.20. The van der Waals surface area contributed by atoms with Crippen molar-refractivity contribution in [2.24, 2.45) is 5.92 Å². The molecule has 7 heteroatoms. The molecule has 0 atom stereocenters. The molecule has 2 aromatic rings. The Labute approximate surface area is 175 Å². The average Bonchev–Trinajstić information content (AvgIpc) is 2.72. The number of anilines is 1. The van der Waals surface area contributed by atoms with Crippen LogP contribution < -0.4 is 5.32 Å². The number of carbonyl (C=O) groups is 1. The molecule has 1 heterocycles. The van der Waals surface area contributed by atoms with Gasteiger partial charge in [0.25, 0.3) is 0 Å². The monoisotopic (exact) mass is 415 g/mol. The van der Waals surface area contributed by atoms with Gasteiger partial charge in [-0.25, -0.2) is 4.39 Å². The van der Waals surface area contributed by atoms with Crippen LogP contribution in [0.15, 0.2) is 42.5 Å². The van der Waals surface area contributed by atoms with Crippen molar-refractivity contribution >= 4 is 23.2 Å². The van der Waals surface area contributed by atoms with Gasteiger partial charge in [0.05, 0.1) is 29.8 Å². The lowest BCUT2D eigenvalue weighted by molar-refractivity contribution is -0.117. The van der Waals surface area contributed by atoms with Crippen LogP contribution in [0.4, 0.5) is 10.1 Å². The molecule has 3 rings (SSSR count). The fraction of sp³-hybridized carbons (Fsp3) is 0.364. The van der Waals surface area contributed by atoms with Crippen LogP contribution in [0.3, 0.4) is 0 Å². The number of likely N-dealkylation sites (tertiary alicyclic amines) is 1. The zero-order valence-electron chi connectivity index (χ0n) is 16.0. The Balaban J connectivity index is 1.34. The maximum atomic E-state index is 13.2. The summed E-state index contributed by atoms with van der Waals surface area (Å²) in [5, 5.41) is 11.6. The van der Waals surface area contributed by atoms with E-state index >= 15 is 0 Å². The molecule has 1 saturated heterocycles. The first-order valence-corrected chi connectivity index (χ1v) is 9.95. The number of hydrogen-bond donors (Lipinski definition) is 1. The van der Waals surface area contributed by atoms with Gasteiger partial charge < -0.3 is 10.1 Å². The van der Waals surface area contributed by atoms with Crippen molar-refractivity contribution in [2.75, 3.05) is 31.6 Å². The van der Waals surface area contributed by atoms with Crippen LogP contribution in [0, 0.1) is 23.1 Å². The molecule has 1 aliphatic rings. The van der Waals surface area contributed by atoms with Crippen molar-refractivity contribution in [3.8, 4) is 6.07 Å². The van der Waals surface area contributed by atoms with Gasteiger partial charge in [0.15, 0.2) is 0 Å². The minimum Gasteiger partial charge on any atom is -0.376 e. The summed E-state index contributed by atoms with van der Waals surface area (Å²) in [6, 6.07) is 13.7. The summed E-state index contributed by atoms with van der Waals surface area (Å²) in [6.45, 7) is 3.20. The van der Waals surface area contributed by atoms with E-state index in [9.17, 15) is 9.18 Å². The normalized spacial score (nSPS) is 15.1. The van der Waals surface area contributed by atoms with Crippen molar-refractivity contribution in [3.63, 3.8) is 0 Å². The molecule has 152 valence electrons. The summed E-state index contributed by atoms with van der Waals surface area (Å²) >= 11 is 5.74. The molecular formula is C22H23ClFN3O2. The molecule has 1 aliphatic heterocycles. The quantitative estimate of drug-likeness (QED) is 0.735. The summed E-state index contributed by atoms with van der Waals surface area (Å²) in [7, 11) is 0. The van der Waals surface area contributed by atoms with E-state index in [2.05, 4.69) is 16.3 Å². The minimum absolute atomic E-state index is 0.00961. The number of nitriles is 1. The fourth-order valence-corrected chi connectivity index (χ4v) is 3.49. The Hall–Kier alpha value is -2.46. The lowest BCUT2D eigenvalue weighted by Crippen LogP contribution is -2.40. The highest BCUT2D eigenvalue weighted by Gasteiger charge is 2.21. The van der Waals surface area contributed by atoms with Crippen LogP contribution in [0.5, 0.6) is 0 Å². The SMILES string of the molecule is N#Cc1ccc(COCC2CCN(CC(=O)Nc3ccc(F)c(Cl)c3)CC2)cc1. The Morgan fingerprint density at radius 2 is 1.97 bits per heavy atom. The number of halogens is 2. The Morgan fingerprint density at radius 3 is 2.62 bits per heavy atom. The number of nitrogens with one attached hydrogen (secondary N) is 1. The summed E-state index contributed by atoms with van der Waals surface area (Å²) in [5.41, 5.74) is 2.19. The number of hydrogen-bond acceptors (Lipinski definition) is 4. The summed E-state index contributed by atoms with van der Waals surface area (Å²) in [4.78, 5) is 14.3. The second-order valence-electron chi connectivity index (χ2n) is 7.22. The second kappa shape index (κ2) is 10.4. The molecule has 1 amide bonds. The number of carbonyl (C=O) groups excluding carboxylic acids is 1. The highest BCUT2D eigenvalue weighted by atomic mass is 35.5. The molecule has 0 radical (unpaired) electrons. The molecule has 0 saturated carbocycles. The van der Waals surface area contributed by atoms with Crippen LogP contribution in [0.25, 0.3) is 0 Å². The summed E-state index contributed by atoms with van der Waals surface area (Å²) in [6.07, 6.45) is 1.95. The topological polar surface area (TPSA) is 65.4 Å². The summed E-state index contributed by atoms with van der Waals surface area (Å²) in [5.74, 6) is -0.167. The predicted octanol–water partition coefficient (Wildman–Crippen LogP) is 4.22. The maximum Gasteiger partial charge on any atom is 0.238 e. The smallest absolute Gasteiger partial charge is 0.238 e. The average molecular weight is 416 g/mol. The Morgan fingerprint density at radius 1 is 1.24 bits per heavy atom. The molecule has 0 spiro atoms. The van der Waals surface area contributed by atoms with Gasteiger partial charge in [0, 0.05) is 12.3 Å². The lowest BCUT2D eigenvalue weighted by atomic mass is 9.98. The van der Waals surface area contributed by atoms with E-state index in [4.69, 9.17) is 21.6 Å². The third-order valence-corrected chi connectivity index (χ3v) is 5.27. The van der Waals surface area contributed by atoms with Crippen molar-refractivity contribution in [1.82, 2.24) is 4.90 Å². The second-order valence-corrected chi connectivity index (χ2v) is 7.63. The van der Waals surface area contributed by atoms with Gasteiger partial charge in [0.2, 0.25) is 5.91 Å². The predicted molar refractivity (Wildman–Crippen MR) is 110 cm³/mol. The minimum atomic E-state index is -0.506. The summed E-state index contributed by atoms with van der Waals surface area (Å²) < 4.78 is 19.0. The number of nitrogens with zero attached hydrogens (tertiary/aromatic N) is 2. The van der Waals surface area contributed by atoms with E-state index in [0.717, 1.165) is 31.5 Å². The number of benzene rings is 2. The fourth-order valence-electron chi connectivity index (χ4n) is 3.31. The largest absolute Gasteiger partial charge is 0.376 e. The molecule has 1 fully saturated rings. The third kappa shape index (κ3) is 6.53. The van der Waals surface area contributed by atoms with Gasteiger partial charge in [-0.3, -0.25) is 9.69 Å².